The molecule has 0 spiro atoms. The molecule has 0 aliphatic heterocycles. The average Bonchev–Trinajstić information content (AvgIpc) is 2.63. The molecular weight excluding hydrogens is 169 g/mol. The minimum atomic E-state index is -2.00. The van der Waals surface area contributed by atoms with Crippen LogP contribution in [0.4, 0.5) is 4.39 Å². The summed E-state index contributed by atoms with van der Waals surface area (Å²) in [4.78, 5) is 0. The van der Waals surface area contributed by atoms with Crippen LogP contribution in [0, 0.1) is 0 Å². The van der Waals surface area contributed by atoms with Gasteiger partial charge in [-0.2, -0.15) is 0 Å². The summed E-state index contributed by atoms with van der Waals surface area (Å²) in [7, 11) is 0. The first-order valence-corrected chi connectivity index (χ1v) is 4.91. The van der Waals surface area contributed by atoms with E-state index in [9.17, 15) is 8.60 Å². The molecule has 0 radical (unpaired) electrons. The van der Waals surface area contributed by atoms with Crippen LogP contribution in [0.15, 0.2) is 0 Å². The molecule has 1 aliphatic carbocycles. The van der Waals surface area contributed by atoms with E-state index in [1.165, 1.54) is 0 Å². The summed E-state index contributed by atoms with van der Waals surface area (Å²) in [6, 6.07) is 0.459. The van der Waals surface area contributed by atoms with Crippen molar-refractivity contribution in [3.63, 3.8) is 0 Å². The molecule has 11 heavy (non-hydrogen) atoms. The Morgan fingerprint density at radius 1 is 1.73 bits per heavy atom. The lowest BCUT2D eigenvalue weighted by molar-refractivity contribution is 0.343. The molecule has 2 atom stereocenters. The van der Waals surface area contributed by atoms with E-state index in [-0.39, 0.29) is 12.3 Å². The SMILES string of the molecule is O=S(O)CC(F)CNC1CC1. The predicted octanol–water partition coefficient (Wildman–Crippen LogP) is 0.298. The van der Waals surface area contributed by atoms with Crippen molar-refractivity contribution in [3.8, 4) is 0 Å². The molecule has 0 amide bonds. The van der Waals surface area contributed by atoms with Gasteiger partial charge in [0.1, 0.15) is 6.17 Å². The summed E-state index contributed by atoms with van der Waals surface area (Å²) in [6.45, 7) is 0.205. The van der Waals surface area contributed by atoms with Crippen LogP contribution in [0.5, 0.6) is 0 Å². The molecule has 0 aromatic carbocycles. The number of nitrogens with one attached hydrogen (secondary N) is 1. The van der Waals surface area contributed by atoms with Gasteiger partial charge in [0.15, 0.2) is 11.1 Å². The van der Waals surface area contributed by atoms with Gasteiger partial charge in [-0.25, -0.2) is 8.60 Å². The second-order valence-corrected chi connectivity index (χ2v) is 3.74. The molecule has 0 aromatic heterocycles. The summed E-state index contributed by atoms with van der Waals surface area (Å²) >= 11 is -2.00. The Balaban J connectivity index is 1.99. The molecule has 0 bridgehead atoms. The van der Waals surface area contributed by atoms with Crippen molar-refractivity contribution in [2.75, 3.05) is 12.3 Å². The third-order valence-electron chi connectivity index (χ3n) is 1.53. The zero-order valence-corrected chi connectivity index (χ0v) is 6.94. The Labute approximate surface area is 67.7 Å². The van der Waals surface area contributed by atoms with E-state index in [1.807, 2.05) is 0 Å². The van der Waals surface area contributed by atoms with E-state index in [0.717, 1.165) is 12.8 Å². The molecule has 5 heteroatoms. The van der Waals surface area contributed by atoms with Crippen LogP contribution in [0.25, 0.3) is 0 Å². The van der Waals surface area contributed by atoms with E-state index < -0.39 is 17.3 Å². The Hall–Kier alpha value is -0.0000000000000000486. The van der Waals surface area contributed by atoms with E-state index in [4.69, 9.17) is 4.55 Å². The summed E-state index contributed by atoms with van der Waals surface area (Å²) in [6.07, 6.45) is 1.02. The quantitative estimate of drug-likeness (QED) is 0.600. The minimum Gasteiger partial charge on any atom is -0.311 e. The monoisotopic (exact) mass is 181 g/mol. The zero-order chi connectivity index (χ0) is 8.27. The molecule has 2 N–H and O–H groups in total. The van der Waals surface area contributed by atoms with Crippen LogP contribution in [-0.2, 0) is 11.1 Å². The fourth-order valence-electron chi connectivity index (χ4n) is 0.796. The van der Waals surface area contributed by atoms with Crippen molar-refractivity contribution < 1.29 is 13.2 Å². The number of alkyl halides is 1. The van der Waals surface area contributed by atoms with Gasteiger partial charge in [0.05, 0.1) is 5.75 Å². The number of rotatable bonds is 5. The molecule has 0 aromatic rings. The van der Waals surface area contributed by atoms with Gasteiger partial charge in [-0.3, -0.25) is 0 Å². The summed E-state index contributed by atoms with van der Waals surface area (Å²) in [5.41, 5.74) is 0. The van der Waals surface area contributed by atoms with Gasteiger partial charge in [0.25, 0.3) is 0 Å². The lowest BCUT2D eigenvalue weighted by atomic mass is 10.4. The smallest absolute Gasteiger partial charge is 0.155 e. The van der Waals surface area contributed by atoms with E-state index in [0.29, 0.717) is 6.04 Å². The number of hydrogen-bond donors (Lipinski definition) is 2. The molecular formula is C6H12FNO2S. The standard InChI is InChI=1S/C6H12FNO2S/c7-5(4-11(9)10)3-8-6-1-2-6/h5-6,8H,1-4H2,(H,9,10). The maximum atomic E-state index is 12.6. The lowest BCUT2D eigenvalue weighted by Crippen LogP contribution is -2.29. The van der Waals surface area contributed by atoms with Gasteiger partial charge in [-0.1, -0.05) is 0 Å². The lowest BCUT2D eigenvalue weighted by Gasteiger charge is -2.05. The third-order valence-corrected chi connectivity index (χ3v) is 2.18. The van der Waals surface area contributed by atoms with Crippen molar-refractivity contribution >= 4 is 11.1 Å². The van der Waals surface area contributed by atoms with E-state index in [2.05, 4.69) is 5.32 Å². The van der Waals surface area contributed by atoms with Crippen LogP contribution >= 0.6 is 0 Å². The average molecular weight is 181 g/mol. The summed E-state index contributed by atoms with van der Waals surface area (Å²) < 4.78 is 31.0. The second-order valence-electron chi connectivity index (χ2n) is 2.77. The van der Waals surface area contributed by atoms with Gasteiger partial charge in [0, 0.05) is 12.6 Å². The van der Waals surface area contributed by atoms with Crippen molar-refractivity contribution in [2.24, 2.45) is 0 Å². The van der Waals surface area contributed by atoms with E-state index >= 15 is 0 Å². The Morgan fingerprint density at radius 2 is 2.36 bits per heavy atom. The highest BCUT2D eigenvalue weighted by Gasteiger charge is 2.22. The summed E-state index contributed by atoms with van der Waals surface area (Å²) in [5, 5.41) is 2.94. The maximum Gasteiger partial charge on any atom is 0.155 e. The Bertz CT molecular complexity index is 152. The topological polar surface area (TPSA) is 49.3 Å². The fraction of sp³-hybridized carbons (Fsp3) is 1.00. The highest BCUT2D eigenvalue weighted by Crippen LogP contribution is 2.18. The molecule has 2 unspecified atom stereocenters. The first kappa shape index (κ1) is 9.09. The second kappa shape index (κ2) is 4.13. The molecule has 1 saturated carbocycles. The van der Waals surface area contributed by atoms with E-state index in [1.54, 1.807) is 0 Å². The third kappa shape index (κ3) is 4.44. The van der Waals surface area contributed by atoms with Crippen LogP contribution < -0.4 is 5.32 Å². The molecule has 3 nitrogen and oxygen atoms in total. The fourth-order valence-corrected chi connectivity index (χ4v) is 1.22. The number of hydrogen-bond acceptors (Lipinski definition) is 2. The normalized spacial score (nSPS) is 23.1. The molecule has 1 aliphatic rings. The van der Waals surface area contributed by atoms with Crippen LogP contribution in [0.3, 0.4) is 0 Å². The molecule has 0 heterocycles. The minimum absolute atomic E-state index is 0.205. The largest absolute Gasteiger partial charge is 0.311 e. The predicted molar refractivity (Wildman–Crippen MR) is 41.6 cm³/mol. The zero-order valence-electron chi connectivity index (χ0n) is 6.12. The Morgan fingerprint density at radius 3 is 2.82 bits per heavy atom. The van der Waals surface area contributed by atoms with Gasteiger partial charge >= 0.3 is 0 Å². The van der Waals surface area contributed by atoms with Crippen LogP contribution in [-0.4, -0.2) is 33.3 Å². The van der Waals surface area contributed by atoms with Gasteiger partial charge in [-0.15, -0.1) is 0 Å². The maximum absolute atomic E-state index is 12.6. The highest BCUT2D eigenvalue weighted by atomic mass is 32.2. The molecule has 1 rings (SSSR count). The number of halogens is 1. The van der Waals surface area contributed by atoms with Crippen molar-refractivity contribution in [1.29, 1.82) is 0 Å². The van der Waals surface area contributed by atoms with Gasteiger partial charge < -0.3 is 9.87 Å². The Kier molecular flexibility index (Phi) is 3.42. The highest BCUT2D eigenvalue weighted by molar-refractivity contribution is 7.79. The molecule has 1 fully saturated rings. The summed E-state index contributed by atoms with van der Waals surface area (Å²) in [5.74, 6) is -0.278. The van der Waals surface area contributed by atoms with Crippen molar-refractivity contribution in [1.82, 2.24) is 5.32 Å². The van der Waals surface area contributed by atoms with Crippen molar-refractivity contribution in [3.05, 3.63) is 0 Å². The van der Waals surface area contributed by atoms with Gasteiger partial charge in [-0.05, 0) is 12.8 Å². The van der Waals surface area contributed by atoms with Crippen LogP contribution in [0.2, 0.25) is 0 Å². The van der Waals surface area contributed by atoms with Crippen LogP contribution in [0.1, 0.15) is 12.8 Å². The molecule has 66 valence electrons. The van der Waals surface area contributed by atoms with Gasteiger partial charge in [0.2, 0.25) is 0 Å². The first-order valence-electron chi connectivity index (χ1n) is 3.63. The van der Waals surface area contributed by atoms with Crippen molar-refractivity contribution in [2.45, 2.75) is 25.1 Å². The molecule has 0 saturated heterocycles. The first-order chi connectivity index (χ1) is 5.18.